The number of rotatable bonds is 5. The first kappa shape index (κ1) is 20.9. The van der Waals surface area contributed by atoms with Crippen LogP contribution in [0.5, 0.6) is 5.75 Å². The third-order valence-electron chi connectivity index (χ3n) is 4.39. The molecule has 0 unspecified atom stereocenters. The second-order valence-electron chi connectivity index (χ2n) is 6.35. The molecule has 1 aliphatic carbocycles. The predicted molar refractivity (Wildman–Crippen MR) is 117 cm³/mol. The van der Waals surface area contributed by atoms with E-state index >= 15 is 0 Å². The molecule has 0 saturated carbocycles. The standard InChI is InChI=1S/C20H21N3O4S2/c1-2-27-20(26)16-13-8-4-6-10-15(13)29-19(16)22-17(25)18(28)23-21-11-12-7-3-5-9-14(12)24/h3,5,7,9,11,24H,2,4,6,8,10H2,1H3,(H,22,25)(H,23,28)/b21-11+. The van der Waals surface area contributed by atoms with Crippen LogP contribution in [0, 0.1) is 0 Å². The maximum absolute atomic E-state index is 12.5. The van der Waals surface area contributed by atoms with Crippen molar-refractivity contribution in [3.05, 3.63) is 45.8 Å². The molecule has 1 heterocycles. The number of phenols is 1. The van der Waals surface area contributed by atoms with Crippen LogP contribution in [-0.2, 0) is 22.4 Å². The first-order valence-corrected chi connectivity index (χ1v) is 10.5. The normalized spacial score (nSPS) is 13.0. The lowest BCUT2D eigenvalue weighted by Gasteiger charge is -2.12. The van der Waals surface area contributed by atoms with Crippen molar-refractivity contribution < 1.29 is 19.4 Å². The van der Waals surface area contributed by atoms with Crippen molar-refractivity contribution in [3.63, 3.8) is 0 Å². The van der Waals surface area contributed by atoms with Crippen molar-refractivity contribution in [2.24, 2.45) is 5.10 Å². The smallest absolute Gasteiger partial charge is 0.341 e. The Morgan fingerprint density at radius 2 is 2.07 bits per heavy atom. The Bertz CT molecular complexity index is 969. The average Bonchev–Trinajstić information content (AvgIpc) is 3.07. The van der Waals surface area contributed by atoms with Gasteiger partial charge in [-0.1, -0.05) is 24.4 Å². The Labute approximate surface area is 177 Å². The topological polar surface area (TPSA) is 100 Å². The van der Waals surface area contributed by atoms with Crippen LogP contribution >= 0.6 is 23.6 Å². The molecule has 2 aromatic rings. The number of nitrogens with one attached hydrogen (secondary N) is 2. The van der Waals surface area contributed by atoms with Gasteiger partial charge in [0.1, 0.15) is 10.8 Å². The number of nitrogens with zero attached hydrogens (tertiary/aromatic N) is 1. The molecule has 0 aliphatic heterocycles. The van der Waals surface area contributed by atoms with E-state index in [9.17, 15) is 14.7 Å². The number of fused-ring (bicyclic) bond motifs is 1. The molecule has 1 aliphatic rings. The zero-order valence-electron chi connectivity index (χ0n) is 15.9. The van der Waals surface area contributed by atoms with Crippen molar-refractivity contribution in [1.29, 1.82) is 0 Å². The SMILES string of the molecule is CCOC(=O)c1c(NC(=O)C(=S)N/N=C/c2ccccc2O)sc2c1CCCC2. The summed E-state index contributed by atoms with van der Waals surface area (Å²) < 4.78 is 5.18. The molecule has 9 heteroatoms. The first-order valence-electron chi connectivity index (χ1n) is 9.25. The highest BCUT2D eigenvalue weighted by atomic mass is 32.1. The van der Waals surface area contributed by atoms with E-state index in [1.807, 2.05) is 0 Å². The van der Waals surface area contributed by atoms with Crippen LogP contribution in [-0.4, -0.2) is 34.8 Å². The summed E-state index contributed by atoms with van der Waals surface area (Å²) in [6, 6.07) is 6.65. The van der Waals surface area contributed by atoms with Crippen molar-refractivity contribution >= 4 is 51.6 Å². The number of anilines is 1. The highest BCUT2D eigenvalue weighted by molar-refractivity contribution is 7.82. The van der Waals surface area contributed by atoms with E-state index in [2.05, 4.69) is 15.8 Å². The molecule has 0 saturated heterocycles. The van der Waals surface area contributed by atoms with Crippen LogP contribution in [0.25, 0.3) is 0 Å². The monoisotopic (exact) mass is 431 g/mol. The lowest BCUT2D eigenvalue weighted by molar-refractivity contribution is -0.110. The van der Waals surface area contributed by atoms with Gasteiger partial charge in [0.15, 0.2) is 4.99 Å². The first-order chi connectivity index (χ1) is 14.0. The van der Waals surface area contributed by atoms with Crippen molar-refractivity contribution in [3.8, 4) is 5.75 Å². The van der Waals surface area contributed by atoms with Crippen LogP contribution in [0.15, 0.2) is 29.4 Å². The Hall–Kier alpha value is -2.78. The summed E-state index contributed by atoms with van der Waals surface area (Å²) in [5.74, 6) is -0.936. The minimum atomic E-state index is -0.571. The summed E-state index contributed by atoms with van der Waals surface area (Å²) in [4.78, 5) is 25.9. The van der Waals surface area contributed by atoms with Crippen molar-refractivity contribution in [2.75, 3.05) is 11.9 Å². The number of carbonyl (C=O) groups excluding carboxylic acids is 2. The summed E-state index contributed by atoms with van der Waals surface area (Å²) in [6.45, 7) is 2.01. The molecule has 29 heavy (non-hydrogen) atoms. The average molecular weight is 432 g/mol. The molecule has 0 bridgehead atoms. The number of thiophene rings is 1. The molecule has 7 nitrogen and oxygen atoms in total. The number of phenolic OH excluding ortho intramolecular Hbond substituents is 1. The molecular weight excluding hydrogens is 410 g/mol. The Balaban J connectivity index is 1.71. The molecule has 0 atom stereocenters. The number of hydrazone groups is 1. The van der Waals surface area contributed by atoms with Gasteiger partial charge < -0.3 is 15.2 Å². The number of carbonyl (C=O) groups is 2. The maximum Gasteiger partial charge on any atom is 0.341 e. The minimum absolute atomic E-state index is 0.0664. The fourth-order valence-corrected chi connectivity index (χ4v) is 4.42. The maximum atomic E-state index is 12.5. The molecule has 1 aromatic carbocycles. The van der Waals surface area contributed by atoms with Gasteiger partial charge in [-0.05, 0) is 50.3 Å². The number of esters is 1. The Morgan fingerprint density at radius 1 is 1.31 bits per heavy atom. The van der Waals surface area contributed by atoms with Gasteiger partial charge in [-0.2, -0.15) is 5.10 Å². The fraction of sp³-hybridized carbons (Fsp3) is 0.300. The molecular formula is C20H21N3O4S2. The Morgan fingerprint density at radius 3 is 2.83 bits per heavy atom. The lowest BCUT2D eigenvalue weighted by atomic mass is 9.95. The predicted octanol–water partition coefficient (Wildman–Crippen LogP) is 3.40. The minimum Gasteiger partial charge on any atom is -0.507 e. The molecule has 3 rings (SSSR count). The second-order valence-corrected chi connectivity index (χ2v) is 7.86. The summed E-state index contributed by atoms with van der Waals surface area (Å²) in [7, 11) is 0. The van der Waals surface area contributed by atoms with Crippen LogP contribution < -0.4 is 10.7 Å². The van der Waals surface area contributed by atoms with Crippen LogP contribution in [0.4, 0.5) is 5.00 Å². The molecule has 0 spiro atoms. The third kappa shape index (κ3) is 4.99. The number of aryl methyl sites for hydroxylation is 1. The van der Waals surface area contributed by atoms with E-state index in [1.165, 1.54) is 23.6 Å². The summed E-state index contributed by atoms with van der Waals surface area (Å²) in [5, 5.41) is 16.8. The molecule has 0 radical (unpaired) electrons. The quantitative estimate of drug-likeness (QED) is 0.290. The van der Waals surface area contributed by atoms with Crippen molar-refractivity contribution in [1.82, 2.24) is 5.43 Å². The highest BCUT2D eigenvalue weighted by Crippen LogP contribution is 2.38. The third-order valence-corrected chi connectivity index (χ3v) is 5.87. The van der Waals surface area contributed by atoms with Gasteiger partial charge in [0.2, 0.25) is 0 Å². The number of thiocarbonyl (C=S) groups is 1. The van der Waals surface area contributed by atoms with Gasteiger partial charge in [0, 0.05) is 10.4 Å². The summed E-state index contributed by atoms with van der Waals surface area (Å²) in [5.41, 5.74) is 4.36. The lowest BCUT2D eigenvalue weighted by Crippen LogP contribution is -2.31. The molecule has 152 valence electrons. The van der Waals surface area contributed by atoms with E-state index in [0.717, 1.165) is 36.1 Å². The van der Waals surface area contributed by atoms with E-state index in [4.69, 9.17) is 17.0 Å². The van der Waals surface area contributed by atoms with Crippen molar-refractivity contribution in [2.45, 2.75) is 32.6 Å². The van der Waals surface area contributed by atoms with Crippen LogP contribution in [0.3, 0.4) is 0 Å². The number of para-hydroxylation sites is 1. The largest absolute Gasteiger partial charge is 0.507 e. The van der Waals surface area contributed by atoms with Gasteiger partial charge in [-0.3, -0.25) is 10.2 Å². The van der Waals surface area contributed by atoms with E-state index in [-0.39, 0.29) is 17.3 Å². The number of aromatic hydroxyl groups is 1. The summed E-state index contributed by atoms with van der Waals surface area (Å²) in [6.07, 6.45) is 5.11. The van der Waals surface area contributed by atoms with Gasteiger partial charge >= 0.3 is 5.97 Å². The highest BCUT2D eigenvalue weighted by Gasteiger charge is 2.27. The zero-order chi connectivity index (χ0) is 20.8. The van der Waals surface area contributed by atoms with Gasteiger partial charge in [-0.25, -0.2) is 4.79 Å². The van der Waals surface area contributed by atoms with Crippen LogP contribution in [0.2, 0.25) is 0 Å². The summed E-state index contributed by atoms with van der Waals surface area (Å²) >= 11 is 6.47. The molecule has 0 fully saturated rings. The van der Waals surface area contributed by atoms with E-state index < -0.39 is 11.9 Å². The second kappa shape index (κ2) is 9.62. The van der Waals surface area contributed by atoms with Crippen LogP contribution in [0.1, 0.15) is 46.1 Å². The number of hydrogen-bond acceptors (Lipinski definition) is 7. The number of benzene rings is 1. The number of amides is 1. The fourth-order valence-electron chi connectivity index (χ4n) is 3.04. The number of hydrogen-bond donors (Lipinski definition) is 3. The molecule has 1 amide bonds. The zero-order valence-corrected chi connectivity index (χ0v) is 17.5. The van der Waals surface area contributed by atoms with Gasteiger partial charge in [-0.15, -0.1) is 11.3 Å². The van der Waals surface area contributed by atoms with E-state index in [0.29, 0.717) is 16.1 Å². The molecule has 1 aromatic heterocycles. The Kier molecular flexibility index (Phi) is 6.95. The van der Waals surface area contributed by atoms with E-state index in [1.54, 1.807) is 25.1 Å². The van der Waals surface area contributed by atoms with Gasteiger partial charge in [0.05, 0.1) is 18.4 Å². The number of ether oxygens (including phenoxy) is 1. The molecule has 3 N–H and O–H groups in total. The van der Waals surface area contributed by atoms with Gasteiger partial charge in [0.25, 0.3) is 5.91 Å².